The Morgan fingerprint density at radius 2 is 2.12 bits per heavy atom. The van der Waals surface area contributed by atoms with Crippen molar-refractivity contribution in [1.29, 1.82) is 0 Å². The van der Waals surface area contributed by atoms with Crippen molar-refractivity contribution in [2.24, 2.45) is 0 Å². The molecule has 1 unspecified atom stereocenters. The minimum atomic E-state index is -0.777. The van der Waals surface area contributed by atoms with Gasteiger partial charge in [-0.15, -0.1) is 0 Å². The number of hydrogen-bond donors (Lipinski definition) is 1. The standard InChI is InChI=1S/C13H18ClNO2/c1-4-13(2,17-3)12(16)15-9-10-7-5-6-8-11(10)14/h5-8H,4,9H2,1-3H3,(H,15,16). The van der Waals surface area contributed by atoms with E-state index >= 15 is 0 Å². The second-order valence-corrected chi connectivity index (χ2v) is 4.47. The van der Waals surface area contributed by atoms with Gasteiger partial charge in [0, 0.05) is 18.7 Å². The number of ether oxygens (including phenoxy) is 1. The fraction of sp³-hybridized carbons (Fsp3) is 0.462. The van der Waals surface area contributed by atoms with Gasteiger partial charge in [-0.3, -0.25) is 4.79 Å². The molecule has 0 bridgehead atoms. The predicted molar refractivity (Wildman–Crippen MR) is 69.0 cm³/mol. The van der Waals surface area contributed by atoms with Crippen LogP contribution in [0.2, 0.25) is 5.02 Å². The zero-order valence-electron chi connectivity index (χ0n) is 10.4. The first kappa shape index (κ1) is 14.0. The molecule has 1 aromatic carbocycles. The highest BCUT2D eigenvalue weighted by Gasteiger charge is 2.30. The van der Waals surface area contributed by atoms with Crippen molar-refractivity contribution in [3.05, 3.63) is 34.9 Å². The minimum Gasteiger partial charge on any atom is -0.369 e. The SMILES string of the molecule is CCC(C)(OC)C(=O)NCc1ccccc1Cl. The summed E-state index contributed by atoms with van der Waals surface area (Å²) in [6.07, 6.45) is 0.623. The molecule has 0 heterocycles. The highest BCUT2D eigenvalue weighted by atomic mass is 35.5. The number of amides is 1. The lowest BCUT2D eigenvalue weighted by Gasteiger charge is -2.25. The Kier molecular flexibility index (Phi) is 4.97. The Bertz CT molecular complexity index is 389. The Hall–Kier alpha value is -1.06. The molecule has 0 spiro atoms. The maximum absolute atomic E-state index is 11.9. The van der Waals surface area contributed by atoms with Gasteiger partial charge >= 0.3 is 0 Å². The molecular weight excluding hydrogens is 238 g/mol. The third-order valence-electron chi connectivity index (χ3n) is 3.00. The Morgan fingerprint density at radius 3 is 2.65 bits per heavy atom. The van der Waals surface area contributed by atoms with Crippen molar-refractivity contribution in [3.63, 3.8) is 0 Å². The average Bonchev–Trinajstić information content (AvgIpc) is 2.36. The third kappa shape index (κ3) is 3.45. The smallest absolute Gasteiger partial charge is 0.252 e. The fourth-order valence-corrected chi connectivity index (χ4v) is 1.60. The molecule has 1 aromatic rings. The molecule has 0 fully saturated rings. The molecular formula is C13H18ClNO2. The van der Waals surface area contributed by atoms with Gasteiger partial charge in [-0.05, 0) is 25.0 Å². The second-order valence-electron chi connectivity index (χ2n) is 4.06. The number of rotatable bonds is 5. The Morgan fingerprint density at radius 1 is 1.47 bits per heavy atom. The van der Waals surface area contributed by atoms with Crippen molar-refractivity contribution in [2.75, 3.05) is 7.11 Å². The van der Waals surface area contributed by atoms with Gasteiger partial charge in [0.15, 0.2) is 0 Å². The molecule has 0 aliphatic carbocycles. The highest BCUT2D eigenvalue weighted by Crippen LogP contribution is 2.17. The minimum absolute atomic E-state index is 0.123. The van der Waals surface area contributed by atoms with Gasteiger partial charge in [0.25, 0.3) is 5.91 Å². The van der Waals surface area contributed by atoms with Gasteiger partial charge in [-0.25, -0.2) is 0 Å². The monoisotopic (exact) mass is 255 g/mol. The van der Waals surface area contributed by atoms with E-state index in [1.54, 1.807) is 20.1 Å². The van der Waals surface area contributed by atoms with Crippen molar-refractivity contribution in [3.8, 4) is 0 Å². The van der Waals surface area contributed by atoms with E-state index in [0.29, 0.717) is 18.0 Å². The summed E-state index contributed by atoms with van der Waals surface area (Å²) in [6.45, 7) is 4.10. The van der Waals surface area contributed by atoms with Gasteiger partial charge < -0.3 is 10.1 Å². The molecule has 17 heavy (non-hydrogen) atoms. The second kappa shape index (κ2) is 6.03. The lowest BCUT2D eigenvalue weighted by Crippen LogP contribution is -2.45. The van der Waals surface area contributed by atoms with Crippen LogP contribution in [-0.2, 0) is 16.1 Å². The van der Waals surface area contributed by atoms with Crippen LogP contribution >= 0.6 is 11.6 Å². The number of methoxy groups -OCH3 is 1. The molecule has 0 aliphatic rings. The number of benzene rings is 1. The first-order valence-electron chi connectivity index (χ1n) is 5.60. The van der Waals surface area contributed by atoms with E-state index in [1.807, 2.05) is 25.1 Å². The summed E-state index contributed by atoms with van der Waals surface area (Å²) in [7, 11) is 1.54. The van der Waals surface area contributed by atoms with E-state index in [1.165, 1.54) is 0 Å². The first-order valence-corrected chi connectivity index (χ1v) is 5.98. The molecule has 1 atom stereocenters. The number of halogens is 1. The Balaban J connectivity index is 2.63. The molecule has 0 radical (unpaired) electrons. The molecule has 3 nitrogen and oxygen atoms in total. The number of carbonyl (C=O) groups is 1. The molecule has 0 aromatic heterocycles. The van der Waals surface area contributed by atoms with Gasteiger partial charge in [0.1, 0.15) is 5.60 Å². The van der Waals surface area contributed by atoms with E-state index in [9.17, 15) is 4.79 Å². The molecule has 0 aliphatic heterocycles. The summed E-state index contributed by atoms with van der Waals surface area (Å²) < 4.78 is 5.22. The van der Waals surface area contributed by atoms with Crippen LogP contribution < -0.4 is 5.32 Å². The van der Waals surface area contributed by atoms with E-state index in [0.717, 1.165) is 5.56 Å². The number of carbonyl (C=O) groups excluding carboxylic acids is 1. The van der Waals surface area contributed by atoms with Crippen molar-refractivity contribution < 1.29 is 9.53 Å². The quantitative estimate of drug-likeness (QED) is 0.879. The summed E-state index contributed by atoms with van der Waals surface area (Å²) in [4.78, 5) is 11.9. The van der Waals surface area contributed by atoms with E-state index in [2.05, 4.69) is 5.32 Å². The predicted octanol–water partition coefficient (Wildman–Crippen LogP) is 2.77. The number of nitrogens with one attached hydrogen (secondary N) is 1. The summed E-state index contributed by atoms with van der Waals surface area (Å²) in [5, 5.41) is 3.49. The van der Waals surface area contributed by atoms with Crippen LogP contribution in [0.15, 0.2) is 24.3 Å². The maximum atomic E-state index is 11.9. The van der Waals surface area contributed by atoms with E-state index in [4.69, 9.17) is 16.3 Å². The summed E-state index contributed by atoms with van der Waals surface area (Å²) in [6, 6.07) is 7.44. The third-order valence-corrected chi connectivity index (χ3v) is 3.37. The van der Waals surface area contributed by atoms with Crippen LogP contribution in [0.3, 0.4) is 0 Å². The number of hydrogen-bond acceptors (Lipinski definition) is 2. The van der Waals surface area contributed by atoms with E-state index in [-0.39, 0.29) is 5.91 Å². The molecule has 94 valence electrons. The molecule has 1 rings (SSSR count). The van der Waals surface area contributed by atoms with Crippen LogP contribution in [0.4, 0.5) is 0 Å². The molecule has 0 saturated heterocycles. The van der Waals surface area contributed by atoms with Crippen LogP contribution in [0.25, 0.3) is 0 Å². The summed E-state index contributed by atoms with van der Waals surface area (Å²) in [5.74, 6) is -0.123. The Labute approximate surface area is 107 Å². The van der Waals surface area contributed by atoms with Gasteiger partial charge in [0.2, 0.25) is 0 Å². The fourth-order valence-electron chi connectivity index (χ4n) is 1.40. The lowest BCUT2D eigenvalue weighted by molar-refractivity contribution is -0.142. The zero-order valence-corrected chi connectivity index (χ0v) is 11.2. The largest absolute Gasteiger partial charge is 0.369 e. The van der Waals surface area contributed by atoms with Crippen LogP contribution in [-0.4, -0.2) is 18.6 Å². The maximum Gasteiger partial charge on any atom is 0.252 e. The van der Waals surface area contributed by atoms with Crippen LogP contribution in [0.1, 0.15) is 25.8 Å². The molecule has 4 heteroatoms. The normalized spacial score (nSPS) is 14.1. The van der Waals surface area contributed by atoms with E-state index < -0.39 is 5.60 Å². The molecule has 0 saturated carbocycles. The van der Waals surface area contributed by atoms with Crippen molar-refractivity contribution in [2.45, 2.75) is 32.4 Å². The van der Waals surface area contributed by atoms with Gasteiger partial charge in [-0.1, -0.05) is 36.7 Å². The zero-order chi connectivity index (χ0) is 12.9. The highest BCUT2D eigenvalue weighted by molar-refractivity contribution is 6.31. The first-order chi connectivity index (χ1) is 8.03. The van der Waals surface area contributed by atoms with Crippen LogP contribution in [0.5, 0.6) is 0 Å². The molecule has 1 N–H and O–H groups in total. The van der Waals surface area contributed by atoms with Crippen molar-refractivity contribution >= 4 is 17.5 Å². The average molecular weight is 256 g/mol. The van der Waals surface area contributed by atoms with Gasteiger partial charge in [-0.2, -0.15) is 0 Å². The summed E-state index contributed by atoms with van der Waals surface area (Å²) >= 11 is 6.01. The van der Waals surface area contributed by atoms with Gasteiger partial charge in [0.05, 0.1) is 0 Å². The topological polar surface area (TPSA) is 38.3 Å². The molecule has 1 amide bonds. The van der Waals surface area contributed by atoms with Crippen LogP contribution in [0, 0.1) is 0 Å². The van der Waals surface area contributed by atoms with Crippen molar-refractivity contribution in [1.82, 2.24) is 5.32 Å². The lowest BCUT2D eigenvalue weighted by atomic mass is 10.0. The summed E-state index contributed by atoms with van der Waals surface area (Å²) in [5.41, 5.74) is 0.124.